The number of hydrogen-bond acceptors (Lipinski definition) is 7. The Labute approximate surface area is 154 Å². The van der Waals surface area contributed by atoms with Crippen molar-refractivity contribution in [3.63, 3.8) is 0 Å². The molecular weight excluding hydrogens is 352 g/mol. The lowest BCUT2D eigenvalue weighted by Gasteiger charge is -2.14. The number of fused-ring (bicyclic) bond motifs is 1. The van der Waals surface area contributed by atoms with E-state index in [1.807, 2.05) is 24.3 Å². The van der Waals surface area contributed by atoms with Gasteiger partial charge in [0.2, 0.25) is 5.75 Å². The van der Waals surface area contributed by atoms with E-state index in [1.165, 1.54) is 32.7 Å². The van der Waals surface area contributed by atoms with Crippen LogP contribution in [0.5, 0.6) is 17.2 Å². The largest absolute Gasteiger partial charge is 0.493 e. The van der Waals surface area contributed by atoms with Crippen LogP contribution >= 0.6 is 11.3 Å². The molecule has 0 amide bonds. The topological polar surface area (TPSA) is 81.4 Å². The number of nitrogens with zero attached hydrogens (tertiary/aromatic N) is 2. The van der Waals surface area contributed by atoms with Gasteiger partial charge in [-0.25, -0.2) is 4.98 Å². The highest BCUT2D eigenvalue weighted by Gasteiger charge is 2.27. The first-order chi connectivity index (χ1) is 12.6. The second-order valence-electron chi connectivity index (χ2n) is 5.36. The number of methoxy groups -OCH3 is 3. The van der Waals surface area contributed by atoms with Crippen molar-refractivity contribution in [2.45, 2.75) is 5.92 Å². The van der Waals surface area contributed by atoms with E-state index in [9.17, 15) is 10.1 Å². The summed E-state index contributed by atoms with van der Waals surface area (Å²) in [7, 11) is 4.43. The molecule has 0 aliphatic heterocycles. The Kier molecular flexibility index (Phi) is 5.05. The van der Waals surface area contributed by atoms with Gasteiger partial charge < -0.3 is 14.2 Å². The van der Waals surface area contributed by atoms with Crippen molar-refractivity contribution in [3.8, 4) is 23.3 Å². The summed E-state index contributed by atoms with van der Waals surface area (Å²) < 4.78 is 16.8. The van der Waals surface area contributed by atoms with Gasteiger partial charge in [-0.3, -0.25) is 4.79 Å². The highest BCUT2D eigenvalue weighted by molar-refractivity contribution is 7.18. The molecule has 0 saturated heterocycles. The first-order valence-corrected chi connectivity index (χ1v) is 8.53. The van der Waals surface area contributed by atoms with Crippen molar-refractivity contribution in [1.82, 2.24) is 4.98 Å². The molecule has 0 saturated carbocycles. The van der Waals surface area contributed by atoms with Crippen LogP contribution in [-0.4, -0.2) is 32.1 Å². The average Bonchev–Trinajstić information content (AvgIpc) is 3.10. The minimum Gasteiger partial charge on any atom is -0.493 e. The van der Waals surface area contributed by atoms with Crippen LogP contribution in [0.25, 0.3) is 10.2 Å². The molecule has 3 aromatic rings. The molecule has 132 valence electrons. The summed E-state index contributed by atoms with van der Waals surface area (Å²) in [5.41, 5.74) is 1.07. The fourth-order valence-corrected chi connectivity index (χ4v) is 3.64. The molecular formula is C19H16N2O4S. The highest BCUT2D eigenvalue weighted by Crippen LogP contribution is 2.39. The molecule has 7 heteroatoms. The molecule has 1 unspecified atom stereocenters. The number of aromatic nitrogens is 1. The van der Waals surface area contributed by atoms with Crippen LogP contribution in [0.2, 0.25) is 0 Å². The van der Waals surface area contributed by atoms with E-state index < -0.39 is 5.92 Å². The molecule has 6 nitrogen and oxygen atoms in total. The zero-order valence-electron chi connectivity index (χ0n) is 14.5. The Hall–Kier alpha value is -3.11. The van der Waals surface area contributed by atoms with Gasteiger partial charge in [-0.15, -0.1) is 11.3 Å². The van der Waals surface area contributed by atoms with Crippen molar-refractivity contribution in [3.05, 3.63) is 47.0 Å². The minimum atomic E-state index is -1.00. The SMILES string of the molecule is COc1cc(C(=O)C(C#N)c2nc3ccccc3s2)cc(OC)c1OC. The number of carbonyl (C=O) groups excluding carboxylic acids is 1. The molecule has 1 aromatic heterocycles. The Balaban J connectivity index is 2.05. The summed E-state index contributed by atoms with van der Waals surface area (Å²) in [6.45, 7) is 0. The fraction of sp³-hybridized carbons (Fsp3) is 0.211. The van der Waals surface area contributed by atoms with Gasteiger partial charge in [0, 0.05) is 5.56 Å². The minimum absolute atomic E-state index is 0.297. The van der Waals surface area contributed by atoms with Crippen LogP contribution in [0, 0.1) is 11.3 Å². The van der Waals surface area contributed by atoms with E-state index in [0.717, 1.165) is 10.2 Å². The number of nitriles is 1. The second-order valence-corrected chi connectivity index (χ2v) is 6.42. The van der Waals surface area contributed by atoms with Gasteiger partial charge in [-0.1, -0.05) is 12.1 Å². The summed E-state index contributed by atoms with van der Waals surface area (Å²) in [5, 5.41) is 10.1. The maximum absolute atomic E-state index is 13.0. The van der Waals surface area contributed by atoms with Crippen LogP contribution in [-0.2, 0) is 0 Å². The third-order valence-corrected chi connectivity index (χ3v) is 5.00. The molecule has 0 radical (unpaired) electrons. The lowest BCUT2D eigenvalue weighted by molar-refractivity contribution is 0.0978. The summed E-state index contributed by atoms with van der Waals surface area (Å²) >= 11 is 1.34. The van der Waals surface area contributed by atoms with Gasteiger partial charge in [0.05, 0.1) is 37.6 Å². The summed E-state index contributed by atoms with van der Waals surface area (Å²) in [6.07, 6.45) is 0. The maximum atomic E-state index is 13.0. The van der Waals surface area contributed by atoms with Crippen LogP contribution in [0.15, 0.2) is 36.4 Å². The van der Waals surface area contributed by atoms with E-state index >= 15 is 0 Å². The van der Waals surface area contributed by atoms with Crippen LogP contribution in [0.1, 0.15) is 21.3 Å². The lowest BCUT2D eigenvalue weighted by atomic mass is 9.98. The number of benzene rings is 2. The van der Waals surface area contributed by atoms with Gasteiger partial charge >= 0.3 is 0 Å². The van der Waals surface area contributed by atoms with E-state index in [-0.39, 0.29) is 5.78 Å². The van der Waals surface area contributed by atoms with Crippen LogP contribution in [0.3, 0.4) is 0 Å². The Bertz CT molecular complexity index is 948. The number of para-hydroxylation sites is 1. The second kappa shape index (κ2) is 7.42. The first-order valence-electron chi connectivity index (χ1n) is 7.72. The molecule has 1 atom stereocenters. The first kappa shape index (κ1) is 17.7. The molecule has 0 bridgehead atoms. The number of rotatable bonds is 6. The predicted octanol–water partition coefficient (Wildman–Crippen LogP) is 3.81. The van der Waals surface area contributed by atoms with E-state index in [2.05, 4.69) is 11.1 Å². The van der Waals surface area contributed by atoms with E-state index in [4.69, 9.17) is 14.2 Å². The molecule has 0 N–H and O–H groups in total. The van der Waals surface area contributed by atoms with Crippen LogP contribution in [0.4, 0.5) is 0 Å². The summed E-state index contributed by atoms with van der Waals surface area (Å²) in [6, 6.07) is 12.7. The predicted molar refractivity (Wildman–Crippen MR) is 98.4 cm³/mol. The van der Waals surface area contributed by atoms with Gasteiger partial charge in [0.25, 0.3) is 0 Å². The van der Waals surface area contributed by atoms with Gasteiger partial charge in [0.15, 0.2) is 23.2 Å². The molecule has 0 aliphatic carbocycles. The molecule has 3 rings (SSSR count). The van der Waals surface area contributed by atoms with Crippen molar-refractivity contribution < 1.29 is 19.0 Å². The lowest BCUT2D eigenvalue weighted by Crippen LogP contribution is -2.12. The molecule has 2 aromatic carbocycles. The van der Waals surface area contributed by atoms with Gasteiger partial charge in [-0.2, -0.15) is 5.26 Å². The Morgan fingerprint density at radius 3 is 2.31 bits per heavy atom. The molecule has 1 heterocycles. The molecule has 0 spiro atoms. The normalized spacial score (nSPS) is 11.6. The maximum Gasteiger partial charge on any atom is 0.203 e. The third kappa shape index (κ3) is 3.07. The molecule has 0 fully saturated rings. The number of carbonyl (C=O) groups is 1. The van der Waals surface area contributed by atoms with Crippen molar-refractivity contribution in [2.24, 2.45) is 0 Å². The fourth-order valence-electron chi connectivity index (χ4n) is 2.63. The quantitative estimate of drug-likeness (QED) is 0.615. The Morgan fingerprint density at radius 2 is 1.77 bits per heavy atom. The molecule has 26 heavy (non-hydrogen) atoms. The smallest absolute Gasteiger partial charge is 0.203 e. The Morgan fingerprint density at radius 1 is 1.12 bits per heavy atom. The van der Waals surface area contributed by atoms with E-state index in [1.54, 1.807) is 12.1 Å². The zero-order valence-corrected chi connectivity index (χ0v) is 15.3. The number of hydrogen-bond donors (Lipinski definition) is 0. The van der Waals surface area contributed by atoms with Crippen LogP contribution < -0.4 is 14.2 Å². The number of thiazole rings is 1. The van der Waals surface area contributed by atoms with Crippen molar-refractivity contribution >= 4 is 27.3 Å². The molecule has 0 aliphatic rings. The average molecular weight is 368 g/mol. The number of Topliss-reactive ketones (excluding diaryl/α,β-unsaturated/α-hetero) is 1. The van der Waals surface area contributed by atoms with Crippen molar-refractivity contribution in [2.75, 3.05) is 21.3 Å². The summed E-state index contributed by atoms with van der Waals surface area (Å²) in [5.74, 6) is -0.270. The standard InChI is InChI=1S/C19H16N2O4S/c1-23-14-8-11(9-15(24-2)18(14)25-3)17(22)12(10-20)19-21-13-6-4-5-7-16(13)26-19/h4-9,12H,1-3H3. The van der Waals surface area contributed by atoms with Gasteiger partial charge in [0.1, 0.15) is 5.01 Å². The zero-order chi connectivity index (χ0) is 18.7. The van der Waals surface area contributed by atoms with Gasteiger partial charge in [-0.05, 0) is 24.3 Å². The van der Waals surface area contributed by atoms with E-state index in [0.29, 0.717) is 27.8 Å². The number of ether oxygens (including phenoxy) is 3. The summed E-state index contributed by atoms with van der Waals surface area (Å²) in [4.78, 5) is 17.4. The van der Waals surface area contributed by atoms with Crippen molar-refractivity contribution in [1.29, 1.82) is 5.26 Å². The monoisotopic (exact) mass is 368 g/mol. The third-order valence-electron chi connectivity index (χ3n) is 3.90. The highest BCUT2D eigenvalue weighted by atomic mass is 32.1. The number of ketones is 1.